The summed E-state index contributed by atoms with van der Waals surface area (Å²) in [7, 11) is 0. The SMILES string of the molecule is C[C@H]1[C@H](C)CC[C@]2(C(=O)O)CC[C@]3(C)C(=CC[C@@H]4[C@@]5(C)C[C@@H](O)[C@H](O)[C@](C)(COC(=O)/C=C\c6ccc(O)cc6)[C@@H]5CC[C@]43C)[C@H]12. The van der Waals surface area contributed by atoms with E-state index in [1.165, 1.54) is 11.6 Å². The molecule has 4 N–H and O–H groups in total. The van der Waals surface area contributed by atoms with Crippen molar-refractivity contribution >= 4 is 18.0 Å². The second-order valence-electron chi connectivity index (χ2n) is 16.9. The molecule has 0 aliphatic heterocycles. The van der Waals surface area contributed by atoms with E-state index in [9.17, 15) is 30.0 Å². The number of hydrogen-bond acceptors (Lipinski definition) is 6. The van der Waals surface area contributed by atoms with Crippen LogP contribution in [-0.2, 0) is 14.3 Å². The normalized spacial score (nSPS) is 46.7. The fourth-order valence-corrected chi connectivity index (χ4v) is 12.0. The summed E-state index contributed by atoms with van der Waals surface area (Å²) in [6, 6.07) is 6.53. The van der Waals surface area contributed by atoms with Crippen LogP contribution in [0.2, 0.25) is 0 Å². The Morgan fingerprint density at radius 3 is 2.33 bits per heavy atom. The standard InChI is InChI=1S/C39H54O7/c1-23-15-18-39(34(44)45)20-19-37(5)27(32(39)24(23)2)12-13-30-35(3)21-28(41)33(43)36(4,29(35)16-17-38(30,37)6)22-46-31(42)14-9-25-7-10-26(40)11-8-25/h7-12,14,23-24,28-30,32-33,40-41,43H,13,15-22H2,1-6H3,(H,44,45)/b14-9-/t23-,24+,28-,29-,30-,32+,33+,35+,36-,37-,38-,39+/m1/s1. The maximum absolute atomic E-state index is 13.0. The second-order valence-corrected chi connectivity index (χ2v) is 16.9. The van der Waals surface area contributed by atoms with Gasteiger partial charge in [0.2, 0.25) is 0 Å². The first kappa shape index (κ1) is 33.3. The number of phenols is 1. The number of allylic oxidation sites excluding steroid dienone is 2. The number of carboxylic acids is 1. The van der Waals surface area contributed by atoms with Crippen LogP contribution in [0.4, 0.5) is 0 Å². The van der Waals surface area contributed by atoms with E-state index in [0.717, 1.165) is 44.1 Å². The molecule has 12 atom stereocenters. The molecule has 1 aromatic rings. The van der Waals surface area contributed by atoms with Crippen LogP contribution in [0.15, 0.2) is 42.0 Å². The largest absolute Gasteiger partial charge is 0.508 e. The minimum Gasteiger partial charge on any atom is -0.508 e. The Morgan fingerprint density at radius 2 is 1.65 bits per heavy atom. The van der Waals surface area contributed by atoms with Crippen molar-refractivity contribution < 1.29 is 34.8 Å². The number of phenolic OH excluding ortho intramolecular Hbond substituents is 1. The summed E-state index contributed by atoms with van der Waals surface area (Å²) in [5.41, 5.74) is 0.0419. The van der Waals surface area contributed by atoms with Crippen molar-refractivity contribution in [2.75, 3.05) is 6.61 Å². The van der Waals surface area contributed by atoms with Gasteiger partial charge in [0.25, 0.3) is 0 Å². The molecule has 4 saturated carbocycles. The van der Waals surface area contributed by atoms with Crippen molar-refractivity contribution in [2.45, 2.75) is 105 Å². The van der Waals surface area contributed by atoms with Crippen LogP contribution in [0.25, 0.3) is 6.08 Å². The van der Waals surface area contributed by atoms with E-state index in [1.807, 2.05) is 6.92 Å². The van der Waals surface area contributed by atoms with Gasteiger partial charge >= 0.3 is 11.9 Å². The molecule has 0 amide bonds. The number of ether oxygens (including phenoxy) is 1. The number of fused-ring (bicyclic) bond motifs is 7. The number of carbonyl (C=O) groups excluding carboxylic acids is 1. The first-order valence-corrected chi connectivity index (χ1v) is 17.5. The van der Waals surface area contributed by atoms with E-state index in [-0.39, 0.29) is 46.4 Å². The van der Waals surface area contributed by atoms with Gasteiger partial charge in [-0.15, -0.1) is 0 Å². The Bertz CT molecular complexity index is 1430. The van der Waals surface area contributed by atoms with Gasteiger partial charge in [0.05, 0.1) is 24.2 Å². The van der Waals surface area contributed by atoms with Crippen molar-refractivity contribution in [2.24, 2.45) is 56.7 Å². The van der Waals surface area contributed by atoms with Gasteiger partial charge in [0.15, 0.2) is 0 Å². The van der Waals surface area contributed by atoms with Gasteiger partial charge in [0, 0.05) is 11.5 Å². The first-order valence-electron chi connectivity index (χ1n) is 17.5. The molecule has 0 heterocycles. The predicted molar refractivity (Wildman–Crippen MR) is 176 cm³/mol. The average Bonchev–Trinajstić information content (AvgIpc) is 3.00. The second kappa shape index (κ2) is 11.2. The molecule has 0 spiro atoms. The summed E-state index contributed by atoms with van der Waals surface area (Å²) >= 11 is 0. The number of benzene rings is 1. The molecule has 0 saturated heterocycles. The van der Waals surface area contributed by atoms with E-state index in [4.69, 9.17) is 4.74 Å². The zero-order valence-corrected chi connectivity index (χ0v) is 28.5. The van der Waals surface area contributed by atoms with Gasteiger partial charge < -0.3 is 25.2 Å². The van der Waals surface area contributed by atoms with Crippen LogP contribution >= 0.6 is 0 Å². The molecule has 0 radical (unpaired) electrons. The number of carbonyl (C=O) groups is 2. The number of hydrogen-bond donors (Lipinski definition) is 4. The van der Waals surface area contributed by atoms with Crippen LogP contribution < -0.4 is 0 Å². The van der Waals surface area contributed by atoms with Crippen LogP contribution in [0, 0.1) is 56.7 Å². The quantitative estimate of drug-likeness (QED) is 0.156. The maximum atomic E-state index is 13.0. The Hall–Kier alpha value is -2.64. The Kier molecular flexibility index (Phi) is 8.12. The molecular formula is C39H54O7. The number of rotatable bonds is 5. The molecule has 46 heavy (non-hydrogen) atoms. The van der Waals surface area contributed by atoms with Crippen LogP contribution in [-0.4, -0.2) is 51.2 Å². The third-order valence-electron chi connectivity index (χ3n) is 15.0. The molecule has 5 aliphatic rings. The average molecular weight is 635 g/mol. The highest BCUT2D eigenvalue weighted by molar-refractivity contribution is 5.87. The van der Waals surface area contributed by atoms with Crippen molar-refractivity contribution in [3.8, 4) is 5.75 Å². The van der Waals surface area contributed by atoms with Crippen LogP contribution in [0.1, 0.15) is 98.5 Å². The third-order valence-corrected chi connectivity index (χ3v) is 15.0. The Morgan fingerprint density at radius 1 is 0.957 bits per heavy atom. The highest BCUT2D eigenvalue weighted by atomic mass is 16.5. The number of aliphatic hydroxyl groups excluding tert-OH is 2. The van der Waals surface area contributed by atoms with Gasteiger partial charge in [-0.05, 0) is 121 Å². The highest BCUT2D eigenvalue weighted by Gasteiger charge is 2.71. The summed E-state index contributed by atoms with van der Waals surface area (Å²) in [5, 5.41) is 43.1. The van der Waals surface area contributed by atoms with E-state index in [0.29, 0.717) is 24.7 Å². The van der Waals surface area contributed by atoms with E-state index in [1.54, 1.807) is 30.3 Å². The summed E-state index contributed by atoms with van der Waals surface area (Å²) < 4.78 is 5.81. The Labute approximate surface area is 274 Å². The first-order chi connectivity index (χ1) is 21.5. The monoisotopic (exact) mass is 634 g/mol. The Balaban J connectivity index is 1.30. The van der Waals surface area contributed by atoms with Crippen molar-refractivity contribution in [1.29, 1.82) is 0 Å². The zero-order chi connectivity index (χ0) is 33.4. The van der Waals surface area contributed by atoms with Crippen LogP contribution in [0.5, 0.6) is 5.75 Å². The van der Waals surface area contributed by atoms with Crippen molar-refractivity contribution in [1.82, 2.24) is 0 Å². The number of aliphatic hydroxyl groups is 2. The van der Waals surface area contributed by atoms with Crippen LogP contribution in [0.3, 0.4) is 0 Å². The van der Waals surface area contributed by atoms with Gasteiger partial charge in [-0.2, -0.15) is 0 Å². The maximum Gasteiger partial charge on any atom is 0.330 e. The molecule has 7 nitrogen and oxygen atoms in total. The summed E-state index contributed by atoms with van der Waals surface area (Å²) in [5.74, 6) is 0.0827. The minimum atomic E-state index is -1.02. The summed E-state index contributed by atoms with van der Waals surface area (Å²) in [4.78, 5) is 25.9. The molecule has 7 heteroatoms. The number of aliphatic carboxylic acids is 1. The predicted octanol–water partition coefficient (Wildman–Crippen LogP) is 7.00. The lowest BCUT2D eigenvalue weighted by Crippen LogP contribution is -2.68. The van der Waals surface area contributed by atoms with Gasteiger partial charge in [0.1, 0.15) is 5.75 Å². The fraction of sp³-hybridized carbons (Fsp3) is 0.692. The minimum absolute atomic E-state index is 0.00460. The molecule has 0 bridgehead atoms. The molecule has 1 aromatic carbocycles. The molecule has 5 aliphatic carbocycles. The lowest BCUT2D eigenvalue weighted by atomic mass is 9.33. The molecular weight excluding hydrogens is 580 g/mol. The van der Waals surface area contributed by atoms with Gasteiger partial charge in [-0.25, -0.2) is 4.79 Å². The number of aromatic hydroxyl groups is 1. The van der Waals surface area contributed by atoms with Gasteiger partial charge in [-0.3, -0.25) is 4.79 Å². The topological polar surface area (TPSA) is 124 Å². The highest BCUT2D eigenvalue weighted by Crippen LogP contribution is 2.75. The number of esters is 1. The summed E-state index contributed by atoms with van der Waals surface area (Å²) in [6.45, 7) is 13.7. The fourth-order valence-electron chi connectivity index (χ4n) is 12.0. The van der Waals surface area contributed by atoms with Crippen molar-refractivity contribution in [3.63, 3.8) is 0 Å². The van der Waals surface area contributed by atoms with E-state index >= 15 is 0 Å². The molecule has 252 valence electrons. The summed E-state index contributed by atoms with van der Waals surface area (Å²) in [6.07, 6.45) is 9.80. The number of carboxylic acid groups (broad SMARTS) is 1. The van der Waals surface area contributed by atoms with E-state index in [2.05, 4.69) is 40.7 Å². The lowest BCUT2D eigenvalue weighted by molar-refractivity contribution is -0.245. The van der Waals surface area contributed by atoms with E-state index < -0.39 is 35.0 Å². The zero-order valence-electron chi connectivity index (χ0n) is 28.5. The molecule has 0 unspecified atom stereocenters. The van der Waals surface area contributed by atoms with Crippen molar-refractivity contribution in [3.05, 3.63) is 47.6 Å². The molecule has 0 aromatic heterocycles. The molecule has 4 fully saturated rings. The smallest absolute Gasteiger partial charge is 0.330 e. The third kappa shape index (κ3) is 4.65. The van der Waals surface area contributed by atoms with Gasteiger partial charge in [-0.1, -0.05) is 65.3 Å². The lowest BCUT2D eigenvalue weighted by Gasteiger charge is -2.71. The molecule has 6 rings (SSSR count).